The number of halogens is 2. The van der Waals surface area contributed by atoms with Crippen molar-refractivity contribution in [2.75, 3.05) is 18.8 Å². The van der Waals surface area contributed by atoms with Crippen molar-refractivity contribution in [2.45, 2.75) is 11.7 Å². The first-order chi connectivity index (χ1) is 14.6. The Labute approximate surface area is 178 Å². The minimum absolute atomic E-state index is 0.123. The highest BCUT2D eigenvalue weighted by Gasteiger charge is 2.26. The largest absolute Gasteiger partial charge is 0.457 e. The average molecular weight is 426 g/mol. The zero-order valence-electron chi connectivity index (χ0n) is 16.3. The van der Waals surface area contributed by atoms with E-state index in [-0.39, 0.29) is 11.2 Å². The fourth-order valence-electron chi connectivity index (χ4n) is 3.50. The van der Waals surface area contributed by atoms with Crippen LogP contribution in [0.2, 0.25) is 0 Å². The Morgan fingerprint density at radius 1 is 0.967 bits per heavy atom. The number of rotatable bonds is 4. The van der Waals surface area contributed by atoms with Gasteiger partial charge in [-0.05, 0) is 48.9 Å². The van der Waals surface area contributed by atoms with Crippen molar-refractivity contribution in [2.24, 2.45) is 0 Å². The summed E-state index contributed by atoms with van der Waals surface area (Å²) in [5, 5.41) is -0.186. The summed E-state index contributed by atoms with van der Waals surface area (Å²) in [6, 6.07) is 20.0. The van der Waals surface area contributed by atoms with Crippen LogP contribution in [-0.2, 0) is 0 Å². The molecule has 3 aromatic carbocycles. The lowest BCUT2D eigenvalue weighted by Gasteiger charge is -2.22. The summed E-state index contributed by atoms with van der Waals surface area (Å²) < 4.78 is 33.7. The van der Waals surface area contributed by atoms with Crippen molar-refractivity contribution < 1.29 is 18.3 Å². The summed E-state index contributed by atoms with van der Waals surface area (Å²) in [5.74, 6) is 0.826. The molecule has 1 fully saturated rings. The Hall–Kier alpha value is -2.86. The molecule has 1 saturated heterocycles. The third kappa shape index (κ3) is 4.65. The Morgan fingerprint density at radius 2 is 1.73 bits per heavy atom. The highest BCUT2D eigenvalue weighted by molar-refractivity contribution is 7.99. The van der Waals surface area contributed by atoms with E-state index in [1.807, 2.05) is 42.5 Å². The summed E-state index contributed by atoms with van der Waals surface area (Å²) in [6.07, 6.45) is 0.554. The second-order valence-corrected chi connectivity index (χ2v) is 8.33. The summed E-state index contributed by atoms with van der Waals surface area (Å²) in [5.41, 5.74) is 0.851. The molecule has 1 amide bonds. The minimum atomic E-state index is -0.448. The van der Waals surface area contributed by atoms with Crippen molar-refractivity contribution in [3.8, 4) is 11.5 Å². The second-order valence-electron chi connectivity index (χ2n) is 7.02. The van der Waals surface area contributed by atoms with Crippen LogP contribution in [-0.4, -0.2) is 29.6 Å². The molecular formula is C24H21F2NO2S. The molecule has 154 valence electrons. The Bertz CT molecular complexity index is 1030. The topological polar surface area (TPSA) is 29.5 Å². The van der Waals surface area contributed by atoms with Gasteiger partial charge in [-0.3, -0.25) is 4.79 Å². The van der Waals surface area contributed by atoms with Gasteiger partial charge in [-0.15, -0.1) is 0 Å². The van der Waals surface area contributed by atoms with Gasteiger partial charge in [0.05, 0.1) is 5.56 Å². The second kappa shape index (κ2) is 9.30. The molecule has 6 heteroatoms. The maximum Gasteiger partial charge on any atom is 0.257 e. The minimum Gasteiger partial charge on any atom is -0.457 e. The number of hydrogen-bond donors (Lipinski definition) is 0. The van der Waals surface area contributed by atoms with Crippen LogP contribution < -0.4 is 4.74 Å². The number of para-hydroxylation sites is 2. The Morgan fingerprint density at radius 3 is 2.57 bits per heavy atom. The van der Waals surface area contributed by atoms with Gasteiger partial charge >= 0.3 is 0 Å². The number of hydrogen-bond acceptors (Lipinski definition) is 3. The molecule has 1 heterocycles. The summed E-state index contributed by atoms with van der Waals surface area (Å²) in [6.45, 7) is 1.00. The number of nitrogens with zero attached hydrogens (tertiary/aromatic N) is 1. The number of benzene rings is 3. The van der Waals surface area contributed by atoms with Gasteiger partial charge in [0, 0.05) is 29.7 Å². The van der Waals surface area contributed by atoms with Gasteiger partial charge in [0.25, 0.3) is 5.91 Å². The molecule has 0 N–H and O–H groups in total. The Kier molecular flexibility index (Phi) is 6.33. The predicted molar refractivity (Wildman–Crippen MR) is 115 cm³/mol. The quantitative estimate of drug-likeness (QED) is 0.508. The maximum atomic E-state index is 14.2. The van der Waals surface area contributed by atoms with Crippen LogP contribution in [0.4, 0.5) is 8.78 Å². The molecule has 30 heavy (non-hydrogen) atoms. The molecule has 0 bridgehead atoms. The van der Waals surface area contributed by atoms with E-state index in [1.54, 1.807) is 28.8 Å². The third-order valence-corrected chi connectivity index (χ3v) is 6.33. The highest BCUT2D eigenvalue weighted by atomic mass is 32.2. The number of thioether (sulfide) groups is 1. The van der Waals surface area contributed by atoms with Crippen LogP contribution in [0.1, 0.15) is 27.6 Å². The summed E-state index contributed by atoms with van der Waals surface area (Å²) >= 11 is 1.55. The molecule has 0 spiro atoms. The number of amides is 1. The van der Waals surface area contributed by atoms with Crippen LogP contribution >= 0.6 is 11.8 Å². The van der Waals surface area contributed by atoms with Gasteiger partial charge in [-0.25, -0.2) is 8.78 Å². The van der Waals surface area contributed by atoms with Crippen molar-refractivity contribution in [1.82, 2.24) is 4.90 Å². The van der Waals surface area contributed by atoms with Crippen molar-refractivity contribution in [3.63, 3.8) is 0 Å². The van der Waals surface area contributed by atoms with Gasteiger partial charge in [0.2, 0.25) is 0 Å². The van der Waals surface area contributed by atoms with Crippen molar-refractivity contribution >= 4 is 17.7 Å². The summed E-state index contributed by atoms with van der Waals surface area (Å²) in [7, 11) is 0. The molecule has 0 aliphatic carbocycles. The highest BCUT2D eigenvalue weighted by Crippen LogP contribution is 2.36. The molecule has 3 nitrogen and oxygen atoms in total. The third-order valence-electron chi connectivity index (χ3n) is 5.02. The molecule has 1 aliphatic rings. The van der Waals surface area contributed by atoms with E-state index in [0.717, 1.165) is 12.1 Å². The van der Waals surface area contributed by atoms with Crippen LogP contribution in [0.5, 0.6) is 11.5 Å². The fraction of sp³-hybridized carbons (Fsp3) is 0.208. The Balaban J connectivity index is 1.50. The number of ether oxygens (including phenoxy) is 1. The predicted octanol–water partition coefficient (Wildman–Crippen LogP) is 6.08. The molecule has 0 radical (unpaired) electrons. The number of carbonyl (C=O) groups is 1. The van der Waals surface area contributed by atoms with Gasteiger partial charge in [0.1, 0.15) is 23.1 Å². The van der Waals surface area contributed by atoms with Crippen molar-refractivity contribution in [1.29, 1.82) is 0 Å². The van der Waals surface area contributed by atoms with Crippen LogP contribution in [0, 0.1) is 11.6 Å². The molecule has 1 aliphatic heterocycles. The first kappa shape index (κ1) is 20.4. The zero-order chi connectivity index (χ0) is 20.9. The lowest BCUT2D eigenvalue weighted by Crippen LogP contribution is -2.33. The molecule has 4 rings (SSSR count). The van der Waals surface area contributed by atoms with E-state index in [9.17, 15) is 13.6 Å². The zero-order valence-corrected chi connectivity index (χ0v) is 17.1. The molecule has 1 unspecified atom stereocenters. The lowest BCUT2D eigenvalue weighted by molar-refractivity contribution is 0.0764. The fourth-order valence-corrected chi connectivity index (χ4v) is 4.74. The average Bonchev–Trinajstić information content (AvgIpc) is 3.02. The molecular weight excluding hydrogens is 404 g/mol. The van der Waals surface area contributed by atoms with E-state index >= 15 is 0 Å². The van der Waals surface area contributed by atoms with Gasteiger partial charge in [0.15, 0.2) is 0 Å². The maximum absolute atomic E-state index is 14.2. The standard InChI is InChI=1S/C24H21F2NO2S/c25-17-10-11-21(26)20(16-17)23-12-13-27(14-15-30-23)24(28)19-8-4-5-9-22(19)29-18-6-2-1-3-7-18/h1-11,16,23H,12-15H2. The van der Waals surface area contributed by atoms with E-state index < -0.39 is 11.6 Å². The van der Waals surface area contributed by atoms with E-state index in [1.165, 1.54) is 6.07 Å². The SMILES string of the molecule is O=C(c1ccccc1Oc1ccccc1)N1CCSC(c2cc(F)ccc2F)CC1. The van der Waals surface area contributed by atoms with Crippen LogP contribution in [0.25, 0.3) is 0 Å². The molecule has 3 aromatic rings. The number of carbonyl (C=O) groups excluding carboxylic acids is 1. The lowest BCUT2D eigenvalue weighted by atomic mass is 10.1. The summed E-state index contributed by atoms with van der Waals surface area (Å²) in [4.78, 5) is 15.0. The van der Waals surface area contributed by atoms with E-state index in [2.05, 4.69) is 0 Å². The first-order valence-corrected chi connectivity index (χ1v) is 10.8. The van der Waals surface area contributed by atoms with Gasteiger partial charge in [-0.2, -0.15) is 11.8 Å². The van der Waals surface area contributed by atoms with E-state index in [0.29, 0.717) is 47.9 Å². The van der Waals surface area contributed by atoms with Gasteiger partial charge in [-0.1, -0.05) is 30.3 Å². The van der Waals surface area contributed by atoms with Crippen LogP contribution in [0.3, 0.4) is 0 Å². The van der Waals surface area contributed by atoms with E-state index in [4.69, 9.17) is 4.74 Å². The molecule has 1 atom stereocenters. The van der Waals surface area contributed by atoms with Crippen LogP contribution in [0.15, 0.2) is 72.8 Å². The van der Waals surface area contributed by atoms with Crippen molar-refractivity contribution in [3.05, 3.63) is 95.6 Å². The molecule has 0 saturated carbocycles. The normalized spacial score (nSPS) is 16.7. The molecule has 0 aromatic heterocycles. The first-order valence-electron chi connectivity index (χ1n) is 9.79. The monoisotopic (exact) mass is 425 g/mol. The van der Waals surface area contributed by atoms with Gasteiger partial charge < -0.3 is 9.64 Å². The smallest absolute Gasteiger partial charge is 0.257 e.